The van der Waals surface area contributed by atoms with Crippen molar-refractivity contribution in [2.24, 2.45) is 17.0 Å². The van der Waals surface area contributed by atoms with E-state index < -0.39 is 40.8 Å². The number of nitrogens with zero attached hydrogens (tertiary/aromatic N) is 1. The molecule has 1 fully saturated rings. The van der Waals surface area contributed by atoms with Crippen molar-refractivity contribution >= 4 is 11.7 Å². The van der Waals surface area contributed by atoms with E-state index in [-0.39, 0.29) is 25.0 Å². The lowest BCUT2D eigenvalue weighted by Crippen LogP contribution is -2.37. The van der Waals surface area contributed by atoms with Crippen molar-refractivity contribution in [3.63, 3.8) is 0 Å². The van der Waals surface area contributed by atoms with Crippen LogP contribution in [0.25, 0.3) is 0 Å². The second-order valence-electron chi connectivity index (χ2n) is 7.88. The number of allylic oxidation sites excluding steroid dienone is 2. The number of hydrogen-bond donors (Lipinski definition) is 1. The number of oxime groups is 1. The lowest BCUT2D eigenvalue weighted by Gasteiger charge is -2.28. The Balaban J connectivity index is 1.95. The van der Waals surface area contributed by atoms with E-state index in [2.05, 4.69) is 10.5 Å². The summed E-state index contributed by atoms with van der Waals surface area (Å²) < 4.78 is 56.3. The van der Waals surface area contributed by atoms with E-state index in [9.17, 15) is 22.4 Å². The van der Waals surface area contributed by atoms with Gasteiger partial charge in [0, 0.05) is 0 Å². The number of amides is 1. The molecule has 0 saturated heterocycles. The molecule has 3 rings (SSSR count). The minimum Gasteiger partial charge on any atom is -0.394 e. The van der Waals surface area contributed by atoms with Crippen molar-refractivity contribution in [3.05, 3.63) is 58.4 Å². The van der Waals surface area contributed by atoms with E-state index in [4.69, 9.17) is 4.84 Å². The van der Waals surface area contributed by atoms with Gasteiger partial charge in [0.25, 0.3) is 0 Å². The molecular weight excluding hydrogens is 400 g/mol. The molecule has 8 heteroatoms. The van der Waals surface area contributed by atoms with Crippen LogP contribution in [0, 0.1) is 11.8 Å². The molecule has 0 aliphatic heterocycles. The van der Waals surface area contributed by atoms with Crippen LogP contribution in [0.2, 0.25) is 0 Å². The summed E-state index contributed by atoms with van der Waals surface area (Å²) in [5, 5.41) is 6.10. The van der Waals surface area contributed by atoms with Crippen molar-refractivity contribution in [1.29, 1.82) is 0 Å². The molecule has 0 bridgehead atoms. The average Bonchev–Trinajstić information content (AvgIpc) is 3.48. The normalized spacial score (nSPS) is 20.5. The van der Waals surface area contributed by atoms with Crippen LogP contribution in [0.15, 0.2) is 58.0 Å². The molecule has 1 N–H and O–H groups in total. The molecule has 1 aromatic rings. The Kier molecular flexibility index (Phi) is 6.63. The third kappa shape index (κ3) is 5.49. The highest BCUT2D eigenvalue weighted by Gasteiger charge is 2.44. The lowest BCUT2D eigenvalue weighted by molar-refractivity contribution is -0.119. The Morgan fingerprint density at radius 2 is 1.90 bits per heavy atom. The molecule has 0 radical (unpaired) electrons. The van der Waals surface area contributed by atoms with Crippen molar-refractivity contribution in [1.82, 2.24) is 5.32 Å². The van der Waals surface area contributed by atoms with Gasteiger partial charge in [-0.3, -0.25) is 4.79 Å². The third-order valence-corrected chi connectivity index (χ3v) is 5.14. The van der Waals surface area contributed by atoms with Crippen LogP contribution in [0.1, 0.15) is 38.7 Å². The van der Waals surface area contributed by atoms with Crippen molar-refractivity contribution in [2.75, 3.05) is 6.61 Å². The molecule has 1 aromatic carbocycles. The fourth-order valence-corrected chi connectivity index (χ4v) is 3.46. The maximum atomic E-state index is 15.0. The molecule has 4 nitrogen and oxygen atoms in total. The number of nitrogens with one attached hydrogen (secondary N) is 1. The highest BCUT2D eigenvalue weighted by atomic mass is 19.4. The fraction of sp³-hybridized carbons (Fsp3) is 0.455. The molecule has 0 heterocycles. The monoisotopic (exact) mass is 424 g/mol. The van der Waals surface area contributed by atoms with Gasteiger partial charge in [-0.15, -0.1) is 0 Å². The number of alkyl halides is 3. The number of hydrogen-bond acceptors (Lipinski definition) is 3. The largest absolute Gasteiger partial charge is 0.413 e. The van der Waals surface area contributed by atoms with E-state index >= 15 is 0 Å². The summed E-state index contributed by atoms with van der Waals surface area (Å²) in [6.07, 6.45) is -3.01. The van der Waals surface area contributed by atoms with E-state index in [1.165, 1.54) is 13.8 Å². The first-order valence-electron chi connectivity index (χ1n) is 9.88. The zero-order chi connectivity index (χ0) is 21.9. The topological polar surface area (TPSA) is 50.7 Å². The minimum absolute atomic E-state index is 0.0572. The first-order valence-corrected chi connectivity index (χ1v) is 9.88. The first kappa shape index (κ1) is 22.1. The van der Waals surface area contributed by atoms with Crippen molar-refractivity contribution in [3.8, 4) is 0 Å². The number of rotatable bonds is 6. The van der Waals surface area contributed by atoms with Crippen molar-refractivity contribution in [2.45, 2.75) is 45.7 Å². The molecule has 30 heavy (non-hydrogen) atoms. The lowest BCUT2D eigenvalue weighted by atomic mass is 9.83. The summed E-state index contributed by atoms with van der Waals surface area (Å²) in [6.45, 7) is 3.03. The van der Waals surface area contributed by atoms with Crippen LogP contribution in [0.4, 0.5) is 17.6 Å². The van der Waals surface area contributed by atoms with Crippen LogP contribution in [0.5, 0.6) is 0 Å². The Labute approximate surface area is 172 Å². The molecule has 0 spiro atoms. The fourth-order valence-electron chi connectivity index (χ4n) is 3.46. The number of carbonyl (C=O) groups excluding carboxylic acids is 1. The Morgan fingerprint density at radius 1 is 1.23 bits per heavy atom. The van der Waals surface area contributed by atoms with E-state index in [0.717, 1.165) is 12.8 Å². The highest BCUT2D eigenvalue weighted by Crippen LogP contribution is 2.43. The Bertz CT molecular complexity index is 884. The van der Waals surface area contributed by atoms with Crippen LogP contribution in [0.3, 0.4) is 0 Å². The van der Waals surface area contributed by atoms with Gasteiger partial charge in [0.1, 0.15) is 12.4 Å². The Morgan fingerprint density at radius 3 is 2.50 bits per heavy atom. The van der Waals surface area contributed by atoms with Gasteiger partial charge in [0.2, 0.25) is 5.91 Å². The smallest absolute Gasteiger partial charge is 0.394 e. The van der Waals surface area contributed by atoms with Gasteiger partial charge in [-0.1, -0.05) is 42.4 Å². The van der Waals surface area contributed by atoms with Gasteiger partial charge < -0.3 is 10.2 Å². The molecular formula is C22H24F4N2O2. The van der Waals surface area contributed by atoms with Crippen molar-refractivity contribution < 1.29 is 27.2 Å². The number of halogens is 4. The van der Waals surface area contributed by atoms with Crippen LogP contribution < -0.4 is 5.32 Å². The standard InChI is InChI=1S/C22H24F4N2O2/c1-13-10-14(2)20(23)18(19(13)22(24,25)26)21(28-30-12-16-8-9-16)27-17(29)11-15-6-4-3-5-7-15/h3-7,13,16H,8-12H2,1-2H3,(H,27,28,29). The van der Waals surface area contributed by atoms with E-state index in [0.29, 0.717) is 11.5 Å². The van der Waals surface area contributed by atoms with Gasteiger partial charge in [0.05, 0.1) is 17.6 Å². The molecule has 2 aliphatic carbocycles. The summed E-state index contributed by atoms with van der Waals surface area (Å²) in [5.74, 6) is -2.84. The third-order valence-electron chi connectivity index (χ3n) is 5.14. The maximum absolute atomic E-state index is 15.0. The molecule has 1 amide bonds. The summed E-state index contributed by atoms with van der Waals surface area (Å²) in [6, 6.07) is 8.71. The number of amidine groups is 1. The summed E-state index contributed by atoms with van der Waals surface area (Å²) in [5.41, 5.74) is -0.935. The predicted molar refractivity (Wildman–Crippen MR) is 105 cm³/mol. The SMILES string of the molecule is CC1=C(F)C(/C(=N/OCC2CC2)NC(=O)Cc2ccccc2)=C(C(F)(F)F)C(C)C1. The first-order chi connectivity index (χ1) is 14.2. The second kappa shape index (κ2) is 9.02. The maximum Gasteiger partial charge on any atom is 0.413 e. The molecule has 1 atom stereocenters. The van der Waals surface area contributed by atoms with E-state index in [1.54, 1.807) is 30.3 Å². The summed E-state index contributed by atoms with van der Waals surface area (Å²) in [7, 11) is 0. The average molecular weight is 424 g/mol. The van der Waals surface area contributed by atoms with E-state index in [1.807, 2.05) is 0 Å². The zero-order valence-corrected chi connectivity index (χ0v) is 16.9. The number of carbonyl (C=O) groups is 1. The molecule has 1 saturated carbocycles. The highest BCUT2D eigenvalue weighted by molar-refractivity contribution is 6.10. The number of benzene rings is 1. The molecule has 2 aliphatic rings. The van der Waals surface area contributed by atoms with Gasteiger partial charge in [-0.2, -0.15) is 13.2 Å². The van der Waals surface area contributed by atoms with Gasteiger partial charge >= 0.3 is 6.18 Å². The van der Waals surface area contributed by atoms with Crippen LogP contribution >= 0.6 is 0 Å². The molecule has 0 aromatic heterocycles. The summed E-state index contributed by atoms with van der Waals surface area (Å²) in [4.78, 5) is 17.7. The van der Waals surface area contributed by atoms with Gasteiger partial charge in [-0.25, -0.2) is 4.39 Å². The molecule has 162 valence electrons. The Hall–Kier alpha value is -2.64. The predicted octanol–water partition coefficient (Wildman–Crippen LogP) is 5.23. The zero-order valence-electron chi connectivity index (χ0n) is 16.9. The van der Waals surface area contributed by atoms with Crippen LogP contribution in [-0.2, 0) is 16.1 Å². The second-order valence-corrected chi connectivity index (χ2v) is 7.88. The van der Waals surface area contributed by atoms with Crippen LogP contribution in [-0.4, -0.2) is 24.5 Å². The van der Waals surface area contributed by atoms with Gasteiger partial charge in [0.15, 0.2) is 5.84 Å². The minimum atomic E-state index is -4.77. The molecule has 1 unspecified atom stereocenters. The van der Waals surface area contributed by atoms with Gasteiger partial charge in [-0.05, 0) is 49.2 Å². The summed E-state index contributed by atoms with van der Waals surface area (Å²) >= 11 is 0. The quantitative estimate of drug-likeness (QED) is 0.294.